The van der Waals surface area contributed by atoms with E-state index in [1.807, 2.05) is 26.8 Å². The summed E-state index contributed by atoms with van der Waals surface area (Å²) >= 11 is 0. The van der Waals surface area contributed by atoms with Crippen molar-refractivity contribution in [3.63, 3.8) is 0 Å². The first-order valence-electron chi connectivity index (χ1n) is 7.30. The molecule has 0 fully saturated rings. The number of ether oxygens (including phenoxy) is 2. The van der Waals surface area contributed by atoms with Gasteiger partial charge in [-0.05, 0) is 40.0 Å². The van der Waals surface area contributed by atoms with Gasteiger partial charge in [0.05, 0.1) is 19.1 Å². The third kappa shape index (κ3) is 9.93. The van der Waals surface area contributed by atoms with E-state index in [1.165, 1.54) is 7.11 Å². The molecular weight excluding hydrogens is 270 g/mol. The lowest BCUT2D eigenvalue weighted by atomic mass is 10.0. The van der Waals surface area contributed by atoms with E-state index in [2.05, 4.69) is 23.9 Å². The van der Waals surface area contributed by atoms with Crippen molar-refractivity contribution in [2.24, 2.45) is 11.8 Å². The summed E-state index contributed by atoms with van der Waals surface area (Å²) in [5.41, 5.74) is -0.532. The second kappa shape index (κ2) is 8.70. The Labute approximate surface area is 128 Å². The molecular formula is C16H29NO4. The third-order valence-corrected chi connectivity index (χ3v) is 2.63. The molecule has 5 heteroatoms. The summed E-state index contributed by atoms with van der Waals surface area (Å²) in [4.78, 5) is 23.2. The zero-order chi connectivity index (χ0) is 16.6. The Bertz CT molecular complexity index is 369. The van der Waals surface area contributed by atoms with Gasteiger partial charge < -0.3 is 14.8 Å². The quantitative estimate of drug-likeness (QED) is 0.604. The number of amides is 1. The second-order valence-corrected chi connectivity index (χ2v) is 6.58. The lowest BCUT2D eigenvalue weighted by Gasteiger charge is -2.23. The Morgan fingerprint density at radius 3 is 2.14 bits per heavy atom. The van der Waals surface area contributed by atoms with Gasteiger partial charge in [-0.2, -0.15) is 0 Å². The summed E-state index contributed by atoms with van der Waals surface area (Å²) in [5, 5.41) is 2.82. The van der Waals surface area contributed by atoms with Crippen LogP contribution in [0.3, 0.4) is 0 Å². The van der Waals surface area contributed by atoms with Crippen LogP contribution in [0.4, 0.5) is 4.79 Å². The van der Waals surface area contributed by atoms with Crippen molar-refractivity contribution in [2.45, 2.75) is 59.6 Å². The van der Waals surface area contributed by atoms with Crippen molar-refractivity contribution in [1.82, 2.24) is 5.32 Å². The predicted molar refractivity (Wildman–Crippen MR) is 82.9 cm³/mol. The van der Waals surface area contributed by atoms with Gasteiger partial charge in [0.1, 0.15) is 5.60 Å². The molecule has 122 valence electrons. The molecule has 0 unspecified atom stereocenters. The molecule has 0 aromatic carbocycles. The summed E-state index contributed by atoms with van der Waals surface area (Å²) < 4.78 is 9.92. The zero-order valence-corrected chi connectivity index (χ0v) is 14.2. The van der Waals surface area contributed by atoms with E-state index in [1.54, 1.807) is 13.0 Å². The molecule has 1 amide bonds. The number of alkyl carbamates (subject to hydrolysis) is 1. The van der Waals surface area contributed by atoms with Gasteiger partial charge in [0.25, 0.3) is 0 Å². The van der Waals surface area contributed by atoms with E-state index < -0.39 is 11.7 Å². The molecule has 0 aromatic rings. The van der Waals surface area contributed by atoms with Crippen molar-refractivity contribution in [3.8, 4) is 0 Å². The number of carbonyl (C=O) groups excluding carboxylic acids is 2. The number of hydrogen-bond donors (Lipinski definition) is 1. The smallest absolute Gasteiger partial charge is 0.408 e. The van der Waals surface area contributed by atoms with Crippen LogP contribution in [0.5, 0.6) is 0 Å². The molecule has 0 rings (SSSR count). The molecule has 0 aliphatic carbocycles. The first kappa shape index (κ1) is 19.5. The first-order chi connectivity index (χ1) is 9.55. The fourth-order valence-corrected chi connectivity index (χ4v) is 1.72. The van der Waals surface area contributed by atoms with Crippen molar-refractivity contribution in [2.75, 3.05) is 7.11 Å². The molecule has 0 aliphatic rings. The number of hydrogen-bond acceptors (Lipinski definition) is 4. The Morgan fingerprint density at radius 1 is 1.14 bits per heavy atom. The van der Waals surface area contributed by atoms with E-state index in [9.17, 15) is 9.59 Å². The van der Waals surface area contributed by atoms with E-state index >= 15 is 0 Å². The van der Waals surface area contributed by atoms with Crippen molar-refractivity contribution in [1.29, 1.82) is 0 Å². The minimum absolute atomic E-state index is 0.174. The Hall–Kier alpha value is -1.52. The fourth-order valence-electron chi connectivity index (χ4n) is 1.72. The summed E-state index contributed by atoms with van der Waals surface area (Å²) in [6.45, 7) is 11.3. The minimum atomic E-state index is -0.532. The van der Waals surface area contributed by atoms with E-state index in [0.29, 0.717) is 5.92 Å². The van der Waals surface area contributed by atoms with Crippen LogP contribution in [-0.4, -0.2) is 30.8 Å². The van der Waals surface area contributed by atoms with E-state index in [0.717, 1.165) is 6.42 Å². The maximum absolute atomic E-state index is 11.8. The summed E-state index contributed by atoms with van der Waals surface area (Å²) in [5.74, 6) is -0.236. The Morgan fingerprint density at radius 2 is 1.71 bits per heavy atom. The van der Waals surface area contributed by atoms with Crippen molar-refractivity contribution in [3.05, 3.63) is 12.2 Å². The topological polar surface area (TPSA) is 64.6 Å². The molecule has 0 aromatic heterocycles. The average Bonchev–Trinajstić information content (AvgIpc) is 2.31. The van der Waals surface area contributed by atoms with Gasteiger partial charge in [0.2, 0.25) is 0 Å². The van der Waals surface area contributed by atoms with E-state index in [4.69, 9.17) is 4.74 Å². The van der Waals surface area contributed by atoms with Gasteiger partial charge in [-0.3, -0.25) is 4.79 Å². The predicted octanol–water partition coefficient (Wildman–Crippen LogP) is 3.29. The highest BCUT2D eigenvalue weighted by atomic mass is 16.6. The largest absolute Gasteiger partial charge is 0.469 e. The summed E-state index contributed by atoms with van der Waals surface area (Å²) in [7, 11) is 1.36. The highest BCUT2D eigenvalue weighted by molar-refractivity contribution is 5.73. The number of methoxy groups -OCH3 is 1. The summed E-state index contributed by atoms with van der Waals surface area (Å²) in [6, 6.07) is -0.174. The van der Waals surface area contributed by atoms with Crippen LogP contribution in [0.15, 0.2) is 12.2 Å². The van der Waals surface area contributed by atoms with Gasteiger partial charge in [-0.25, -0.2) is 4.79 Å². The molecule has 21 heavy (non-hydrogen) atoms. The number of esters is 1. The van der Waals surface area contributed by atoms with Crippen molar-refractivity contribution < 1.29 is 19.1 Å². The van der Waals surface area contributed by atoms with Gasteiger partial charge in [-0.1, -0.05) is 26.0 Å². The van der Waals surface area contributed by atoms with Crippen LogP contribution in [0.2, 0.25) is 0 Å². The number of carbonyl (C=O) groups is 2. The Kier molecular flexibility index (Phi) is 8.07. The van der Waals surface area contributed by atoms with Crippen molar-refractivity contribution >= 4 is 12.1 Å². The SMILES string of the molecule is COC(=O)[C@H](C)/C=C/[C@H](CC(C)C)NC(=O)OC(C)(C)C. The fraction of sp³-hybridized carbons (Fsp3) is 0.750. The van der Waals surface area contributed by atoms with Crippen LogP contribution >= 0.6 is 0 Å². The molecule has 2 atom stereocenters. The molecule has 0 radical (unpaired) electrons. The maximum atomic E-state index is 11.8. The normalized spacial score (nSPS) is 14.9. The molecule has 0 aliphatic heterocycles. The molecule has 1 N–H and O–H groups in total. The van der Waals surface area contributed by atoms with Gasteiger partial charge in [0.15, 0.2) is 0 Å². The van der Waals surface area contributed by atoms with Crippen LogP contribution in [-0.2, 0) is 14.3 Å². The van der Waals surface area contributed by atoms with Gasteiger partial charge in [0, 0.05) is 0 Å². The molecule has 0 saturated heterocycles. The van der Waals surface area contributed by atoms with Gasteiger partial charge in [-0.15, -0.1) is 0 Å². The van der Waals surface area contributed by atoms with Crippen LogP contribution in [0.25, 0.3) is 0 Å². The van der Waals surface area contributed by atoms with Crippen LogP contribution in [0.1, 0.15) is 48.0 Å². The first-order valence-corrected chi connectivity index (χ1v) is 7.30. The molecule has 0 saturated carbocycles. The lowest BCUT2D eigenvalue weighted by molar-refractivity contribution is -0.143. The lowest BCUT2D eigenvalue weighted by Crippen LogP contribution is -2.39. The summed E-state index contributed by atoms with van der Waals surface area (Å²) in [6.07, 6.45) is 3.88. The zero-order valence-electron chi connectivity index (χ0n) is 14.2. The standard InChI is InChI=1S/C16H29NO4/c1-11(2)10-13(9-8-12(3)14(18)20-7)17-15(19)21-16(4,5)6/h8-9,11-13H,10H2,1-7H3,(H,17,19)/b9-8+/t12-,13-/m1/s1. The molecule has 0 heterocycles. The second-order valence-electron chi connectivity index (χ2n) is 6.58. The maximum Gasteiger partial charge on any atom is 0.408 e. The van der Waals surface area contributed by atoms with Crippen LogP contribution in [0, 0.1) is 11.8 Å². The molecule has 0 spiro atoms. The molecule has 0 bridgehead atoms. The monoisotopic (exact) mass is 299 g/mol. The Balaban J connectivity index is 4.69. The van der Waals surface area contributed by atoms with E-state index in [-0.39, 0.29) is 17.9 Å². The average molecular weight is 299 g/mol. The molecule has 5 nitrogen and oxygen atoms in total. The number of nitrogens with one attached hydrogen (secondary N) is 1. The highest BCUT2D eigenvalue weighted by Gasteiger charge is 2.19. The van der Waals surface area contributed by atoms with Crippen LogP contribution < -0.4 is 5.32 Å². The highest BCUT2D eigenvalue weighted by Crippen LogP contribution is 2.11. The van der Waals surface area contributed by atoms with Gasteiger partial charge >= 0.3 is 12.1 Å². The number of rotatable bonds is 6. The third-order valence-electron chi connectivity index (χ3n) is 2.63. The minimum Gasteiger partial charge on any atom is -0.469 e.